The van der Waals surface area contributed by atoms with E-state index in [-0.39, 0.29) is 0 Å². The monoisotopic (exact) mass is 420 g/mol. The Hall–Kier alpha value is 0.817. The van der Waals surface area contributed by atoms with Crippen molar-refractivity contribution in [2.75, 3.05) is 0 Å². The third-order valence-electron chi connectivity index (χ3n) is 2.79. The fourth-order valence-electron chi connectivity index (χ4n) is 1.93. The zero-order chi connectivity index (χ0) is 11.9. The van der Waals surface area contributed by atoms with Crippen LogP contribution in [0.4, 0.5) is 0 Å². The predicted octanol–water partition coefficient (Wildman–Crippen LogP) is 3.09. The van der Waals surface area contributed by atoms with Gasteiger partial charge in [0.05, 0.1) is 0 Å². The van der Waals surface area contributed by atoms with E-state index in [2.05, 4.69) is 54.8 Å². The Kier molecular flexibility index (Phi) is 4.25. The second kappa shape index (κ2) is 4.59. The number of hydrogen-bond donors (Lipinski definition) is 0. The standard InChI is InChI=1S/C7H6.6CH3.2Sn/c1-7-5-3-2-4-6-7;;;;;;;;/h3,5-6H,1H3;6*1H3;;. The molecule has 0 aliphatic carbocycles. The van der Waals surface area contributed by atoms with Crippen LogP contribution in [0.25, 0.3) is 0 Å². The molecule has 84 valence electrons. The Morgan fingerprint density at radius 2 is 1.20 bits per heavy atom. The quantitative estimate of drug-likeness (QED) is 0.649. The third-order valence-corrected chi connectivity index (χ3v) is 16.5. The topological polar surface area (TPSA) is 0 Å². The van der Waals surface area contributed by atoms with Gasteiger partial charge >= 0.3 is 104 Å². The maximum absolute atomic E-state index is 2.53. The van der Waals surface area contributed by atoms with Crippen molar-refractivity contribution in [1.29, 1.82) is 0 Å². The molecule has 0 aliphatic rings. The van der Waals surface area contributed by atoms with Crippen molar-refractivity contribution in [3.63, 3.8) is 0 Å². The summed E-state index contributed by atoms with van der Waals surface area (Å²) < 4.78 is 3.56. The van der Waals surface area contributed by atoms with Crippen LogP contribution in [0.5, 0.6) is 0 Å². The first-order valence-corrected chi connectivity index (χ1v) is 25.7. The molecule has 2 heteroatoms. The molecule has 0 saturated carbocycles. The molecule has 0 spiro atoms. The summed E-state index contributed by atoms with van der Waals surface area (Å²) in [6, 6.07) is 7.22. The first-order valence-electron chi connectivity index (χ1n) is 5.74. The average molecular weight is 418 g/mol. The molecule has 0 amide bonds. The van der Waals surface area contributed by atoms with Gasteiger partial charge in [0.2, 0.25) is 0 Å². The first kappa shape index (κ1) is 13.9. The van der Waals surface area contributed by atoms with Crippen LogP contribution in [0.3, 0.4) is 0 Å². The van der Waals surface area contributed by atoms with E-state index in [4.69, 9.17) is 0 Å². The van der Waals surface area contributed by atoms with Crippen molar-refractivity contribution >= 4 is 43.9 Å². The molecule has 0 atom stereocenters. The Balaban J connectivity index is 3.41. The SMILES string of the molecule is Cc1cc[c]([Sn]([CH3])([CH3])[CH3])[c]([Sn]([CH3])([CH3])[CH3])c1. The second-order valence-electron chi connectivity index (χ2n) is 6.55. The van der Waals surface area contributed by atoms with E-state index in [0.29, 0.717) is 0 Å². The molecular weight excluding hydrogens is 394 g/mol. The molecule has 0 radical (unpaired) electrons. The van der Waals surface area contributed by atoms with Crippen molar-refractivity contribution in [3.8, 4) is 0 Å². The van der Waals surface area contributed by atoms with E-state index in [1.165, 1.54) is 5.56 Å². The molecule has 1 aromatic carbocycles. The molecule has 15 heavy (non-hydrogen) atoms. The van der Waals surface area contributed by atoms with Gasteiger partial charge in [0.25, 0.3) is 0 Å². The van der Waals surface area contributed by atoms with Crippen molar-refractivity contribution in [2.45, 2.75) is 36.6 Å². The maximum atomic E-state index is 2.53. The number of benzene rings is 1. The van der Waals surface area contributed by atoms with E-state index < -0.39 is 36.8 Å². The van der Waals surface area contributed by atoms with Crippen molar-refractivity contribution in [3.05, 3.63) is 23.8 Å². The Morgan fingerprint density at radius 1 is 0.733 bits per heavy atom. The normalized spacial score (nSPS) is 13.0. The Labute approximate surface area is 103 Å². The van der Waals surface area contributed by atoms with Crippen LogP contribution < -0.4 is 7.16 Å². The molecule has 1 rings (SSSR count). The molecule has 0 aromatic heterocycles. The van der Waals surface area contributed by atoms with E-state index in [1.807, 2.05) is 0 Å². The molecule has 0 heterocycles. The number of hydrogen-bond acceptors (Lipinski definition) is 0. The summed E-state index contributed by atoms with van der Waals surface area (Å²) >= 11 is -3.81. The fraction of sp³-hybridized carbons (Fsp3) is 0.538. The number of aryl methyl sites for hydroxylation is 1. The minimum atomic E-state index is -1.91. The van der Waals surface area contributed by atoms with Crippen LogP contribution >= 0.6 is 0 Å². The molecule has 0 aliphatic heterocycles. The predicted molar refractivity (Wildman–Crippen MR) is 77.1 cm³/mol. The summed E-state index contributed by atoms with van der Waals surface area (Å²) in [5.74, 6) is 0. The van der Waals surface area contributed by atoms with Gasteiger partial charge in [-0.2, -0.15) is 0 Å². The van der Waals surface area contributed by atoms with Gasteiger partial charge in [-0.15, -0.1) is 0 Å². The van der Waals surface area contributed by atoms with Crippen LogP contribution in [0.2, 0.25) is 29.6 Å². The molecule has 0 nitrogen and oxygen atoms in total. The van der Waals surface area contributed by atoms with Crippen molar-refractivity contribution < 1.29 is 0 Å². The van der Waals surface area contributed by atoms with Crippen LogP contribution in [0, 0.1) is 6.92 Å². The van der Waals surface area contributed by atoms with E-state index in [0.717, 1.165) is 0 Å². The molecule has 0 N–H and O–H groups in total. The Bertz CT molecular complexity index is 354. The van der Waals surface area contributed by atoms with Gasteiger partial charge in [-0.05, 0) is 0 Å². The van der Waals surface area contributed by atoms with Crippen molar-refractivity contribution in [2.24, 2.45) is 0 Å². The molecule has 0 saturated heterocycles. The molecule has 1 aromatic rings. The van der Waals surface area contributed by atoms with Gasteiger partial charge in [0.1, 0.15) is 0 Å². The number of rotatable bonds is 2. The summed E-state index contributed by atoms with van der Waals surface area (Å²) in [6.45, 7) is 2.23. The zero-order valence-corrected chi connectivity index (χ0v) is 16.9. The Morgan fingerprint density at radius 3 is 1.60 bits per heavy atom. The van der Waals surface area contributed by atoms with Crippen LogP contribution in [-0.2, 0) is 0 Å². The fourth-order valence-corrected chi connectivity index (χ4v) is 24.9. The summed E-state index contributed by atoms with van der Waals surface area (Å²) in [4.78, 5) is 15.2. The molecule has 0 bridgehead atoms. The van der Waals surface area contributed by atoms with Gasteiger partial charge in [-0.1, -0.05) is 0 Å². The van der Waals surface area contributed by atoms with Gasteiger partial charge in [-0.3, -0.25) is 0 Å². The van der Waals surface area contributed by atoms with Crippen molar-refractivity contribution in [1.82, 2.24) is 0 Å². The summed E-state index contributed by atoms with van der Waals surface area (Å²) in [5, 5.41) is 0. The summed E-state index contributed by atoms with van der Waals surface area (Å²) in [5.41, 5.74) is 1.44. The van der Waals surface area contributed by atoms with E-state index in [9.17, 15) is 0 Å². The van der Waals surface area contributed by atoms with Gasteiger partial charge in [0.15, 0.2) is 0 Å². The minimum absolute atomic E-state index is 1.44. The zero-order valence-electron chi connectivity index (χ0n) is 11.2. The van der Waals surface area contributed by atoms with Gasteiger partial charge in [-0.25, -0.2) is 0 Å². The second-order valence-corrected chi connectivity index (χ2v) is 35.3. The summed E-state index contributed by atoms with van der Waals surface area (Å²) in [7, 11) is 0. The van der Waals surface area contributed by atoms with E-state index >= 15 is 0 Å². The molecular formula is C13H24Sn2. The van der Waals surface area contributed by atoms with Crippen LogP contribution in [0.1, 0.15) is 5.56 Å². The van der Waals surface area contributed by atoms with Gasteiger partial charge in [0, 0.05) is 0 Å². The molecule has 0 fully saturated rings. The van der Waals surface area contributed by atoms with Crippen LogP contribution in [-0.4, -0.2) is 36.8 Å². The molecule has 0 unspecified atom stereocenters. The van der Waals surface area contributed by atoms with Crippen LogP contribution in [0.15, 0.2) is 18.2 Å². The third kappa shape index (κ3) is 3.65. The summed E-state index contributed by atoms with van der Waals surface area (Å²) in [6.07, 6.45) is 0. The van der Waals surface area contributed by atoms with E-state index in [1.54, 1.807) is 7.16 Å². The van der Waals surface area contributed by atoms with Gasteiger partial charge < -0.3 is 0 Å². The first-order chi connectivity index (χ1) is 6.62. The average Bonchev–Trinajstić information content (AvgIpc) is 2.00.